The molecule has 1 aliphatic carbocycles. The molecule has 0 saturated heterocycles. The van der Waals surface area contributed by atoms with Gasteiger partial charge in [0.2, 0.25) is 9.05 Å². The van der Waals surface area contributed by atoms with E-state index in [-0.39, 0.29) is 0 Å². The zero-order valence-electron chi connectivity index (χ0n) is 6.98. The summed E-state index contributed by atoms with van der Waals surface area (Å²) in [5, 5.41) is -1.04. The van der Waals surface area contributed by atoms with E-state index in [0.29, 0.717) is 0 Å². The van der Waals surface area contributed by atoms with Crippen LogP contribution in [0.5, 0.6) is 0 Å². The van der Waals surface area contributed by atoms with Gasteiger partial charge in [0.15, 0.2) is 5.72 Å². The standard InChI is InChI=1S/C7H10ClNO3S/c1-12-7(9)5-3-2-4-6(7)13(8,10)11/h2-6H,9H2,1H3. The first-order valence-electron chi connectivity index (χ1n) is 3.54. The Morgan fingerprint density at radius 3 is 2.54 bits per heavy atom. The van der Waals surface area contributed by atoms with Crippen molar-refractivity contribution in [2.24, 2.45) is 5.73 Å². The first kappa shape index (κ1) is 10.7. The number of hydrogen-bond donors (Lipinski definition) is 1. The van der Waals surface area contributed by atoms with Crippen LogP contribution in [0.2, 0.25) is 0 Å². The van der Waals surface area contributed by atoms with Crippen LogP contribution in [0.1, 0.15) is 0 Å². The third kappa shape index (κ3) is 2.11. The van der Waals surface area contributed by atoms with Crippen LogP contribution in [0, 0.1) is 0 Å². The highest BCUT2D eigenvalue weighted by molar-refractivity contribution is 8.14. The van der Waals surface area contributed by atoms with Gasteiger partial charge in [0, 0.05) is 17.8 Å². The van der Waals surface area contributed by atoms with Gasteiger partial charge in [0.25, 0.3) is 0 Å². The fourth-order valence-electron chi connectivity index (χ4n) is 1.11. The van der Waals surface area contributed by atoms with Crippen LogP contribution in [0.4, 0.5) is 0 Å². The van der Waals surface area contributed by atoms with E-state index in [4.69, 9.17) is 21.2 Å². The molecule has 74 valence electrons. The lowest BCUT2D eigenvalue weighted by atomic mass is 10.1. The highest BCUT2D eigenvalue weighted by Crippen LogP contribution is 2.25. The molecule has 0 radical (unpaired) electrons. The Morgan fingerprint density at radius 1 is 1.54 bits per heavy atom. The molecule has 4 nitrogen and oxygen atoms in total. The number of hydrogen-bond acceptors (Lipinski definition) is 4. The number of rotatable bonds is 2. The highest BCUT2D eigenvalue weighted by atomic mass is 35.7. The first-order chi connectivity index (χ1) is 5.90. The molecule has 0 bridgehead atoms. The molecule has 0 aromatic heterocycles. The van der Waals surface area contributed by atoms with Gasteiger partial charge in [-0.3, -0.25) is 5.73 Å². The Kier molecular flexibility index (Phi) is 2.82. The minimum atomic E-state index is -3.76. The lowest BCUT2D eigenvalue weighted by Crippen LogP contribution is -2.53. The van der Waals surface area contributed by atoms with Crippen molar-refractivity contribution in [3.63, 3.8) is 0 Å². The smallest absolute Gasteiger partial charge is 0.243 e. The molecule has 0 amide bonds. The third-order valence-electron chi connectivity index (χ3n) is 1.86. The summed E-state index contributed by atoms with van der Waals surface area (Å²) in [6.45, 7) is 0. The predicted molar refractivity (Wildman–Crippen MR) is 50.8 cm³/mol. The average molecular weight is 224 g/mol. The van der Waals surface area contributed by atoms with Crippen LogP contribution in [0.3, 0.4) is 0 Å². The third-order valence-corrected chi connectivity index (χ3v) is 3.56. The van der Waals surface area contributed by atoms with Crippen molar-refractivity contribution < 1.29 is 13.2 Å². The van der Waals surface area contributed by atoms with Crippen molar-refractivity contribution in [3.05, 3.63) is 24.3 Å². The van der Waals surface area contributed by atoms with Crippen molar-refractivity contribution in [2.75, 3.05) is 7.11 Å². The molecule has 0 spiro atoms. The molecule has 0 aromatic carbocycles. The summed E-state index contributed by atoms with van der Waals surface area (Å²) < 4.78 is 27.1. The van der Waals surface area contributed by atoms with Gasteiger partial charge in [-0.15, -0.1) is 0 Å². The molecule has 0 heterocycles. The van der Waals surface area contributed by atoms with Crippen molar-refractivity contribution in [3.8, 4) is 0 Å². The van der Waals surface area contributed by atoms with Crippen LogP contribution >= 0.6 is 10.7 Å². The molecule has 0 fully saturated rings. The molecule has 2 atom stereocenters. The van der Waals surface area contributed by atoms with Crippen LogP contribution in [0.25, 0.3) is 0 Å². The maximum absolute atomic E-state index is 11.1. The van der Waals surface area contributed by atoms with E-state index in [9.17, 15) is 8.42 Å². The Morgan fingerprint density at radius 2 is 2.15 bits per heavy atom. The van der Waals surface area contributed by atoms with Crippen molar-refractivity contribution in [1.29, 1.82) is 0 Å². The van der Waals surface area contributed by atoms with Crippen molar-refractivity contribution >= 4 is 19.7 Å². The normalized spacial score (nSPS) is 33.6. The minimum Gasteiger partial charge on any atom is -0.359 e. The maximum atomic E-state index is 11.1. The van der Waals surface area contributed by atoms with Crippen LogP contribution in [-0.2, 0) is 13.8 Å². The van der Waals surface area contributed by atoms with Gasteiger partial charge in [-0.1, -0.05) is 18.2 Å². The van der Waals surface area contributed by atoms with E-state index >= 15 is 0 Å². The molecule has 2 N–H and O–H groups in total. The van der Waals surface area contributed by atoms with Crippen LogP contribution in [0.15, 0.2) is 24.3 Å². The van der Waals surface area contributed by atoms with Crippen LogP contribution in [-0.4, -0.2) is 26.5 Å². The zero-order chi connectivity index (χ0) is 10.1. The fraction of sp³-hybridized carbons (Fsp3) is 0.429. The monoisotopic (exact) mass is 223 g/mol. The molecular weight excluding hydrogens is 214 g/mol. The summed E-state index contributed by atoms with van der Waals surface area (Å²) in [6, 6.07) is 0. The molecule has 0 aliphatic heterocycles. The van der Waals surface area contributed by atoms with Crippen molar-refractivity contribution in [1.82, 2.24) is 0 Å². The Balaban J connectivity index is 3.10. The summed E-state index contributed by atoms with van der Waals surface area (Å²) in [7, 11) is 2.77. The molecule has 6 heteroatoms. The molecule has 1 rings (SSSR count). The lowest BCUT2D eigenvalue weighted by molar-refractivity contribution is 0.0426. The van der Waals surface area contributed by atoms with E-state index < -0.39 is 20.0 Å². The van der Waals surface area contributed by atoms with Gasteiger partial charge in [-0.05, 0) is 6.08 Å². The number of allylic oxidation sites excluding steroid dienone is 2. The van der Waals surface area contributed by atoms with Crippen molar-refractivity contribution in [2.45, 2.75) is 11.0 Å². The van der Waals surface area contributed by atoms with Gasteiger partial charge in [-0.2, -0.15) is 0 Å². The van der Waals surface area contributed by atoms with Gasteiger partial charge >= 0.3 is 0 Å². The number of methoxy groups -OCH3 is 1. The SMILES string of the molecule is COC1(N)C=CC=CC1S(=O)(=O)Cl. The predicted octanol–water partition coefficient (Wildman–Crippen LogP) is 0.351. The van der Waals surface area contributed by atoms with Gasteiger partial charge < -0.3 is 4.74 Å². The topological polar surface area (TPSA) is 69.4 Å². The van der Waals surface area contributed by atoms with E-state index in [1.165, 1.54) is 19.3 Å². The zero-order valence-corrected chi connectivity index (χ0v) is 8.55. The minimum absolute atomic E-state index is 1.04. The summed E-state index contributed by atoms with van der Waals surface area (Å²) in [5.41, 5.74) is 4.30. The molecule has 0 saturated carbocycles. The van der Waals surface area contributed by atoms with Gasteiger partial charge in [-0.25, -0.2) is 8.42 Å². The molecule has 1 aliphatic rings. The average Bonchev–Trinajstić information content (AvgIpc) is 2.03. The highest BCUT2D eigenvalue weighted by Gasteiger charge is 2.40. The van der Waals surface area contributed by atoms with Crippen LogP contribution < -0.4 is 5.73 Å². The number of ether oxygens (including phenoxy) is 1. The van der Waals surface area contributed by atoms with E-state index in [2.05, 4.69) is 0 Å². The maximum Gasteiger partial charge on any atom is 0.243 e. The van der Waals surface area contributed by atoms with E-state index in [1.807, 2.05) is 0 Å². The molecule has 13 heavy (non-hydrogen) atoms. The second kappa shape index (κ2) is 3.42. The molecule has 0 aromatic rings. The van der Waals surface area contributed by atoms with E-state index in [1.54, 1.807) is 12.2 Å². The second-order valence-corrected chi connectivity index (χ2v) is 5.45. The lowest BCUT2D eigenvalue weighted by Gasteiger charge is -2.30. The fourth-order valence-corrected chi connectivity index (χ4v) is 2.60. The Hall–Kier alpha value is -0.360. The number of nitrogens with two attached hydrogens (primary N) is 1. The Bertz CT molecular complexity index is 349. The first-order valence-corrected chi connectivity index (χ1v) is 5.91. The largest absolute Gasteiger partial charge is 0.359 e. The van der Waals surface area contributed by atoms with Gasteiger partial charge in [0.05, 0.1) is 0 Å². The number of halogens is 1. The summed E-state index contributed by atoms with van der Waals surface area (Å²) in [4.78, 5) is 0. The Labute approximate surface area is 81.4 Å². The summed E-state index contributed by atoms with van der Waals surface area (Å²) in [5.74, 6) is 0. The van der Waals surface area contributed by atoms with Gasteiger partial charge in [0.1, 0.15) is 5.25 Å². The summed E-state index contributed by atoms with van der Waals surface area (Å²) in [6.07, 6.45) is 6.03. The summed E-state index contributed by atoms with van der Waals surface area (Å²) >= 11 is 0. The quantitative estimate of drug-likeness (QED) is 0.542. The molecule has 2 unspecified atom stereocenters. The van der Waals surface area contributed by atoms with E-state index in [0.717, 1.165) is 0 Å². The molecular formula is C7H10ClNO3S. The second-order valence-electron chi connectivity index (χ2n) is 2.70.